The monoisotopic (exact) mass is 318 g/mol. The lowest BCUT2D eigenvalue weighted by molar-refractivity contribution is 0.212. The predicted octanol–water partition coefficient (Wildman–Crippen LogP) is 3.59. The summed E-state index contributed by atoms with van der Waals surface area (Å²) in [7, 11) is 0. The molecule has 0 aliphatic carbocycles. The molecule has 3 aromatic heterocycles. The van der Waals surface area contributed by atoms with E-state index < -0.39 is 0 Å². The Labute approximate surface area is 130 Å². The molecule has 1 saturated heterocycles. The topological polar surface area (TPSA) is 55.1 Å². The number of hydrogen-bond donors (Lipinski definition) is 0. The molecule has 108 valence electrons. The number of nitrogens with zero attached hydrogens (tertiary/aromatic N) is 4. The largest absolute Gasteiger partial charge is 0.338 e. The van der Waals surface area contributed by atoms with Gasteiger partial charge in [-0.05, 0) is 30.8 Å². The Hall–Kier alpha value is -1.57. The van der Waals surface area contributed by atoms with Crippen LogP contribution in [-0.4, -0.2) is 26.6 Å². The summed E-state index contributed by atoms with van der Waals surface area (Å²) in [6.07, 6.45) is 4.22. The number of thiazole rings is 1. The molecule has 5 nitrogen and oxygen atoms in total. The van der Waals surface area contributed by atoms with Crippen LogP contribution in [0.4, 0.5) is 0 Å². The van der Waals surface area contributed by atoms with E-state index in [4.69, 9.17) is 4.52 Å². The standard InChI is InChI=1S/C14H14N4OS2/c1-3-10(14-15-5-8-21-14)18(6-1)9-12-16-13(17-19-12)11-4-2-7-20-11/h2,4-5,7-8,10H,1,3,6,9H2. The van der Waals surface area contributed by atoms with Crippen molar-refractivity contribution in [2.24, 2.45) is 0 Å². The van der Waals surface area contributed by atoms with Gasteiger partial charge in [0.1, 0.15) is 5.01 Å². The van der Waals surface area contributed by atoms with Gasteiger partial charge in [0.25, 0.3) is 0 Å². The van der Waals surface area contributed by atoms with Gasteiger partial charge in [0.2, 0.25) is 11.7 Å². The van der Waals surface area contributed by atoms with E-state index in [1.165, 1.54) is 11.4 Å². The highest BCUT2D eigenvalue weighted by atomic mass is 32.1. The van der Waals surface area contributed by atoms with E-state index in [0.29, 0.717) is 24.3 Å². The minimum absolute atomic E-state index is 0.391. The maximum Gasteiger partial charge on any atom is 0.241 e. The first-order chi connectivity index (χ1) is 10.4. The molecule has 4 rings (SSSR count). The van der Waals surface area contributed by atoms with Gasteiger partial charge in [0, 0.05) is 11.6 Å². The second-order valence-corrected chi connectivity index (χ2v) is 6.86. The highest BCUT2D eigenvalue weighted by Gasteiger charge is 2.29. The summed E-state index contributed by atoms with van der Waals surface area (Å²) in [6.45, 7) is 1.75. The van der Waals surface area contributed by atoms with Crippen LogP contribution in [0.15, 0.2) is 33.6 Å². The zero-order valence-corrected chi connectivity index (χ0v) is 12.9. The quantitative estimate of drug-likeness (QED) is 0.736. The van der Waals surface area contributed by atoms with Crippen molar-refractivity contribution < 1.29 is 4.52 Å². The zero-order chi connectivity index (χ0) is 14.1. The molecule has 0 spiro atoms. The first-order valence-electron chi connectivity index (χ1n) is 6.90. The summed E-state index contributed by atoms with van der Waals surface area (Å²) in [4.78, 5) is 12.4. The van der Waals surface area contributed by atoms with Crippen LogP contribution < -0.4 is 0 Å². The Bertz CT molecular complexity index is 692. The number of thiophene rings is 1. The third kappa shape index (κ3) is 2.64. The van der Waals surface area contributed by atoms with Gasteiger partial charge >= 0.3 is 0 Å². The van der Waals surface area contributed by atoms with Gasteiger partial charge in [-0.25, -0.2) is 4.98 Å². The van der Waals surface area contributed by atoms with Gasteiger partial charge < -0.3 is 4.52 Å². The van der Waals surface area contributed by atoms with Crippen LogP contribution >= 0.6 is 22.7 Å². The molecule has 0 saturated carbocycles. The molecule has 1 aliphatic rings. The van der Waals surface area contributed by atoms with Crippen LogP contribution in [-0.2, 0) is 6.54 Å². The van der Waals surface area contributed by atoms with Gasteiger partial charge in [-0.2, -0.15) is 4.98 Å². The van der Waals surface area contributed by atoms with E-state index in [0.717, 1.165) is 17.8 Å². The first kappa shape index (κ1) is 13.1. The molecule has 1 aliphatic heterocycles. The molecular formula is C14H14N4OS2. The average Bonchev–Trinajstić information content (AvgIpc) is 3.28. The molecule has 0 aromatic carbocycles. The summed E-state index contributed by atoms with van der Waals surface area (Å²) >= 11 is 3.34. The summed E-state index contributed by atoms with van der Waals surface area (Å²) in [5.41, 5.74) is 0. The molecule has 4 heterocycles. The van der Waals surface area contributed by atoms with Gasteiger partial charge in [0.15, 0.2) is 0 Å². The lowest BCUT2D eigenvalue weighted by Gasteiger charge is -2.20. The maximum absolute atomic E-state index is 5.40. The van der Waals surface area contributed by atoms with Crippen molar-refractivity contribution >= 4 is 22.7 Å². The fourth-order valence-electron chi connectivity index (χ4n) is 2.69. The normalized spacial score (nSPS) is 19.3. The highest BCUT2D eigenvalue weighted by Crippen LogP contribution is 2.34. The van der Waals surface area contributed by atoms with Crippen LogP contribution in [0, 0.1) is 0 Å². The van der Waals surface area contributed by atoms with E-state index in [1.807, 2.05) is 29.1 Å². The molecule has 1 atom stereocenters. The van der Waals surface area contributed by atoms with Gasteiger partial charge in [0.05, 0.1) is 17.5 Å². The molecule has 7 heteroatoms. The van der Waals surface area contributed by atoms with Crippen LogP contribution in [0.5, 0.6) is 0 Å². The van der Waals surface area contributed by atoms with Gasteiger partial charge in [-0.1, -0.05) is 11.2 Å². The summed E-state index contributed by atoms with van der Waals surface area (Å²) in [5.74, 6) is 1.37. The van der Waals surface area contributed by atoms with E-state index in [1.54, 1.807) is 22.7 Å². The smallest absolute Gasteiger partial charge is 0.241 e. The minimum atomic E-state index is 0.391. The number of hydrogen-bond acceptors (Lipinski definition) is 7. The lowest BCUT2D eigenvalue weighted by atomic mass is 10.2. The second kappa shape index (κ2) is 5.67. The van der Waals surface area contributed by atoms with Crippen molar-refractivity contribution in [3.63, 3.8) is 0 Å². The van der Waals surface area contributed by atoms with E-state index in [2.05, 4.69) is 20.0 Å². The Morgan fingerprint density at radius 1 is 1.33 bits per heavy atom. The van der Waals surface area contributed by atoms with Crippen LogP contribution in [0.2, 0.25) is 0 Å². The third-order valence-corrected chi connectivity index (χ3v) is 5.39. The van der Waals surface area contributed by atoms with E-state index in [-0.39, 0.29) is 0 Å². The second-order valence-electron chi connectivity index (χ2n) is 4.99. The Balaban J connectivity index is 1.51. The van der Waals surface area contributed by atoms with Crippen LogP contribution in [0.1, 0.15) is 29.8 Å². The summed E-state index contributed by atoms with van der Waals surface area (Å²) in [6, 6.07) is 4.39. The number of likely N-dealkylation sites (tertiary alicyclic amines) is 1. The molecule has 1 unspecified atom stereocenters. The van der Waals surface area contributed by atoms with Crippen LogP contribution in [0.3, 0.4) is 0 Å². The van der Waals surface area contributed by atoms with E-state index >= 15 is 0 Å². The number of rotatable bonds is 4. The van der Waals surface area contributed by atoms with Gasteiger partial charge in [-0.3, -0.25) is 4.90 Å². The Morgan fingerprint density at radius 2 is 2.33 bits per heavy atom. The molecule has 0 amide bonds. The molecule has 1 fully saturated rings. The molecule has 0 radical (unpaired) electrons. The SMILES string of the molecule is c1csc(-c2noc(CN3CCCC3c3nccs3)n2)c1. The fourth-order valence-corrected chi connectivity index (χ4v) is 4.15. The minimum Gasteiger partial charge on any atom is -0.338 e. The lowest BCUT2D eigenvalue weighted by Crippen LogP contribution is -2.22. The van der Waals surface area contributed by atoms with Crippen LogP contribution in [0.25, 0.3) is 10.7 Å². The summed E-state index contributed by atoms with van der Waals surface area (Å²) in [5, 5.41) is 9.31. The predicted molar refractivity (Wildman–Crippen MR) is 82.1 cm³/mol. The molecular weight excluding hydrogens is 304 g/mol. The number of aromatic nitrogens is 3. The van der Waals surface area contributed by atoms with Crippen molar-refractivity contribution in [3.8, 4) is 10.7 Å². The highest BCUT2D eigenvalue weighted by molar-refractivity contribution is 7.13. The van der Waals surface area contributed by atoms with Crippen molar-refractivity contribution in [1.82, 2.24) is 20.0 Å². The van der Waals surface area contributed by atoms with E-state index in [9.17, 15) is 0 Å². The third-order valence-electron chi connectivity index (χ3n) is 3.65. The Morgan fingerprint density at radius 3 is 3.14 bits per heavy atom. The fraction of sp³-hybridized carbons (Fsp3) is 0.357. The molecule has 3 aromatic rings. The van der Waals surface area contributed by atoms with Crippen molar-refractivity contribution in [2.75, 3.05) is 6.54 Å². The van der Waals surface area contributed by atoms with Gasteiger partial charge in [-0.15, -0.1) is 22.7 Å². The average molecular weight is 318 g/mol. The first-order valence-corrected chi connectivity index (χ1v) is 8.66. The molecule has 21 heavy (non-hydrogen) atoms. The maximum atomic E-state index is 5.40. The van der Waals surface area contributed by atoms with Crippen molar-refractivity contribution in [1.29, 1.82) is 0 Å². The van der Waals surface area contributed by atoms with Crippen molar-refractivity contribution in [2.45, 2.75) is 25.4 Å². The zero-order valence-electron chi connectivity index (χ0n) is 11.3. The molecule has 0 N–H and O–H groups in total. The summed E-state index contributed by atoms with van der Waals surface area (Å²) < 4.78 is 5.40. The Kier molecular flexibility index (Phi) is 3.54. The molecule has 0 bridgehead atoms. The van der Waals surface area contributed by atoms with Crippen molar-refractivity contribution in [3.05, 3.63) is 40.0 Å².